The molecule has 0 saturated heterocycles. The lowest BCUT2D eigenvalue weighted by atomic mass is 10.2. The number of hydrogen-bond donors (Lipinski definition) is 2. The molecule has 19 heavy (non-hydrogen) atoms. The van der Waals surface area contributed by atoms with Gasteiger partial charge in [-0.15, -0.1) is 5.10 Å². The fourth-order valence-electron chi connectivity index (χ4n) is 1.57. The lowest BCUT2D eigenvalue weighted by Crippen LogP contribution is -2.25. The summed E-state index contributed by atoms with van der Waals surface area (Å²) in [5.41, 5.74) is 5.44. The summed E-state index contributed by atoms with van der Waals surface area (Å²) < 4.78 is 1.16. The molecular weight excluding hydrogens is 250 g/mol. The van der Waals surface area contributed by atoms with Crippen LogP contribution < -0.4 is 5.73 Å². The van der Waals surface area contributed by atoms with Crippen molar-refractivity contribution in [2.45, 2.75) is 13.0 Å². The third-order valence-corrected chi connectivity index (χ3v) is 2.58. The van der Waals surface area contributed by atoms with Gasteiger partial charge in [0.15, 0.2) is 5.69 Å². The summed E-state index contributed by atoms with van der Waals surface area (Å²) in [7, 11) is 0. The zero-order valence-corrected chi connectivity index (χ0v) is 10.0. The summed E-state index contributed by atoms with van der Waals surface area (Å²) in [5.74, 6) is -1.89. The van der Waals surface area contributed by atoms with Crippen LogP contribution in [0.2, 0.25) is 0 Å². The minimum absolute atomic E-state index is 0.152. The molecule has 0 aliphatic rings. The van der Waals surface area contributed by atoms with Gasteiger partial charge in [0.2, 0.25) is 5.91 Å². The number of carboxylic acid groups (broad SMARTS) is 1. The number of aromatic carboxylic acids is 1. The Morgan fingerprint density at radius 3 is 2.68 bits per heavy atom. The van der Waals surface area contributed by atoms with Gasteiger partial charge < -0.3 is 10.8 Å². The molecule has 0 radical (unpaired) electrons. The van der Waals surface area contributed by atoms with Crippen molar-refractivity contribution in [3.63, 3.8) is 0 Å². The number of pyridine rings is 1. The second kappa shape index (κ2) is 4.84. The number of primary amides is 1. The molecule has 2 heterocycles. The second-order valence-electron chi connectivity index (χ2n) is 3.83. The Bertz CT molecular complexity index is 623. The quantitative estimate of drug-likeness (QED) is 0.803. The van der Waals surface area contributed by atoms with Gasteiger partial charge in [0.05, 0.1) is 5.69 Å². The molecule has 2 aromatic rings. The Labute approximate surface area is 107 Å². The smallest absolute Gasteiger partial charge is 0.358 e. The van der Waals surface area contributed by atoms with Crippen LogP contribution in [-0.2, 0) is 4.79 Å². The number of carbonyl (C=O) groups is 2. The molecule has 8 nitrogen and oxygen atoms in total. The van der Waals surface area contributed by atoms with E-state index in [1.54, 1.807) is 18.2 Å². The van der Waals surface area contributed by atoms with Gasteiger partial charge in [-0.05, 0) is 19.1 Å². The Morgan fingerprint density at radius 2 is 2.16 bits per heavy atom. The van der Waals surface area contributed by atoms with Crippen molar-refractivity contribution < 1.29 is 14.7 Å². The maximum absolute atomic E-state index is 11.2. The number of carbonyl (C=O) groups excluding carboxylic acids is 1. The molecular formula is C11H11N5O3. The van der Waals surface area contributed by atoms with Crippen LogP contribution in [0.3, 0.4) is 0 Å². The first-order valence-electron chi connectivity index (χ1n) is 5.41. The van der Waals surface area contributed by atoms with Gasteiger partial charge in [-0.1, -0.05) is 11.3 Å². The highest BCUT2D eigenvalue weighted by Crippen LogP contribution is 2.23. The number of amides is 1. The van der Waals surface area contributed by atoms with Crippen LogP contribution in [0.25, 0.3) is 11.4 Å². The normalized spacial score (nSPS) is 12.1. The van der Waals surface area contributed by atoms with Crippen LogP contribution in [0.4, 0.5) is 0 Å². The molecule has 0 bridgehead atoms. The van der Waals surface area contributed by atoms with Gasteiger partial charge in [-0.2, -0.15) is 0 Å². The van der Waals surface area contributed by atoms with E-state index in [-0.39, 0.29) is 11.4 Å². The van der Waals surface area contributed by atoms with Crippen molar-refractivity contribution in [1.29, 1.82) is 0 Å². The van der Waals surface area contributed by atoms with E-state index in [2.05, 4.69) is 15.3 Å². The molecule has 0 spiro atoms. The van der Waals surface area contributed by atoms with E-state index in [0.717, 1.165) is 4.68 Å². The highest BCUT2D eigenvalue weighted by molar-refractivity contribution is 5.92. The van der Waals surface area contributed by atoms with Crippen molar-refractivity contribution in [2.75, 3.05) is 0 Å². The summed E-state index contributed by atoms with van der Waals surface area (Å²) >= 11 is 0. The summed E-state index contributed by atoms with van der Waals surface area (Å²) in [6.07, 6.45) is 1.51. The number of aromatic nitrogens is 4. The first-order chi connectivity index (χ1) is 9.02. The molecule has 1 unspecified atom stereocenters. The van der Waals surface area contributed by atoms with Crippen molar-refractivity contribution in [2.24, 2.45) is 5.73 Å². The molecule has 2 rings (SSSR count). The molecule has 0 aliphatic carbocycles. The number of rotatable bonds is 4. The van der Waals surface area contributed by atoms with Crippen LogP contribution in [0.15, 0.2) is 24.4 Å². The van der Waals surface area contributed by atoms with E-state index < -0.39 is 17.9 Å². The molecule has 0 fully saturated rings. The molecule has 0 aromatic carbocycles. The van der Waals surface area contributed by atoms with Crippen LogP contribution in [0.1, 0.15) is 23.5 Å². The fraction of sp³-hybridized carbons (Fsp3) is 0.182. The van der Waals surface area contributed by atoms with Gasteiger partial charge in [-0.25, -0.2) is 9.48 Å². The van der Waals surface area contributed by atoms with Crippen molar-refractivity contribution in [3.05, 3.63) is 30.1 Å². The minimum atomic E-state index is -1.25. The van der Waals surface area contributed by atoms with Gasteiger partial charge in [0, 0.05) is 6.20 Å². The monoisotopic (exact) mass is 261 g/mol. The highest BCUT2D eigenvalue weighted by Gasteiger charge is 2.25. The summed E-state index contributed by atoms with van der Waals surface area (Å²) in [5, 5.41) is 16.3. The average Bonchev–Trinajstić information content (AvgIpc) is 2.83. The Morgan fingerprint density at radius 1 is 1.42 bits per heavy atom. The molecule has 8 heteroatoms. The van der Waals surface area contributed by atoms with E-state index in [4.69, 9.17) is 10.8 Å². The summed E-state index contributed by atoms with van der Waals surface area (Å²) in [6.45, 7) is 1.51. The summed E-state index contributed by atoms with van der Waals surface area (Å²) in [6, 6.07) is 4.17. The topological polar surface area (TPSA) is 124 Å². The van der Waals surface area contributed by atoms with Crippen LogP contribution in [0, 0.1) is 0 Å². The molecule has 0 aliphatic heterocycles. The van der Waals surface area contributed by atoms with Crippen LogP contribution >= 0.6 is 0 Å². The van der Waals surface area contributed by atoms with Gasteiger partial charge >= 0.3 is 5.97 Å². The molecule has 2 aromatic heterocycles. The third-order valence-electron chi connectivity index (χ3n) is 2.58. The lowest BCUT2D eigenvalue weighted by molar-refractivity contribution is -0.120. The number of carboxylic acids is 1. The zero-order valence-electron chi connectivity index (χ0n) is 10.0. The second-order valence-corrected chi connectivity index (χ2v) is 3.83. The molecule has 98 valence electrons. The molecule has 0 saturated carbocycles. The largest absolute Gasteiger partial charge is 0.476 e. The maximum Gasteiger partial charge on any atom is 0.358 e. The third kappa shape index (κ3) is 2.28. The van der Waals surface area contributed by atoms with Gasteiger partial charge in [0.25, 0.3) is 0 Å². The SMILES string of the molecule is CC(C(N)=O)n1nnc(C(=O)O)c1-c1ccccn1. The lowest BCUT2D eigenvalue weighted by Gasteiger charge is -2.10. The van der Waals surface area contributed by atoms with Crippen molar-refractivity contribution in [3.8, 4) is 11.4 Å². The van der Waals surface area contributed by atoms with E-state index in [1.807, 2.05) is 0 Å². The Balaban J connectivity index is 2.64. The standard InChI is InChI=1S/C11H11N5O3/c1-6(10(12)17)16-9(7-4-2-3-5-13-7)8(11(18)19)14-15-16/h2-6H,1H3,(H2,12,17)(H,18,19). The summed E-state index contributed by atoms with van der Waals surface area (Å²) in [4.78, 5) is 26.4. The van der Waals surface area contributed by atoms with Crippen molar-refractivity contribution in [1.82, 2.24) is 20.0 Å². The predicted octanol–water partition coefficient (Wildman–Crippen LogP) is 0.0846. The first-order valence-corrected chi connectivity index (χ1v) is 5.41. The van der Waals surface area contributed by atoms with E-state index in [9.17, 15) is 9.59 Å². The predicted molar refractivity (Wildman–Crippen MR) is 64.1 cm³/mol. The number of hydrogen-bond acceptors (Lipinski definition) is 5. The highest BCUT2D eigenvalue weighted by atomic mass is 16.4. The van der Waals surface area contributed by atoms with Gasteiger partial charge in [-0.3, -0.25) is 9.78 Å². The Kier molecular flexibility index (Phi) is 3.23. The van der Waals surface area contributed by atoms with Crippen molar-refractivity contribution >= 4 is 11.9 Å². The Hall–Kier alpha value is -2.77. The molecule has 1 amide bonds. The van der Waals surface area contributed by atoms with Crippen LogP contribution in [-0.4, -0.2) is 37.0 Å². The van der Waals surface area contributed by atoms with Gasteiger partial charge in [0.1, 0.15) is 11.7 Å². The first kappa shape index (κ1) is 12.7. The number of nitrogens with zero attached hydrogens (tertiary/aromatic N) is 4. The molecule has 3 N–H and O–H groups in total. The minimum Gasteiger partial charge on any atom is -0.476 e. The number of nitrogens with two attached hydrogens (primary N) is 1. The average molecular weight is 261 g/mol. The maximum atomic E-state index is 11.2. The van der Waals surface area contributed by atoms with Crippen LogP contribution in [0.5, 0.6) is 0 Å². The van der Waals surface area contributed by atoms with E-state index in [0.29, 0.717) is 5.69 Å². The fourth-order valence-corrected chi connectivity index (χ4v) is 1.57. The van der Waals surface area contributed by atoms with E-state index in [1.165, 1.54) is 13.1 Å². The molecule has 1 atom stereocenters. The van der Waals surface area contributed by atoms with E-state index >= 15 is 0 Å². The zero-order chi connectivity index (χ0) is 14.0.